The van der Waals surface area contributed by atoms with Crippen molar-refractivity contribution in [1.82, 2.24) is 0 Å². The van der Waals surface area contributed by atoms with Crippen LogP contribution in [0.2, 0.25) is 0 Å². The van der Waals surface area contributed by atoms with Crippen LogP contribution < -0.4 is 0 Å². The molecule has 0 aliphatic carbocycles. The summed E-state index contributed by atoms with van der Waals surface area (Å²) in [5.74, 6) is 2.74. The molecule has 0 saturated carbocycles. The molecule has 0 fully saturated rings. The minimum absolute atomic E-state index is 0.846. The van der Waals surface area contributed by atoms with Crippen molar-refractivity contribution >= 4 is 12.6 Å². The molecule has 0 aliphatic heterocycles. The third kappa shape index (κ3) is 7.73. The van der Waals surface area contributed by atoms with Crippen LogP contribution in [0.4, 0.5) is 0 Å². The van der Waals surface area contributed by atoms with Crippen molar-refractivity contribution in [1.29, 1.82) is 0 Å². The molecule has 0 aromatic rings. The maximum Gasteiger partial charge on any atom is 0.00394 e. The highest BCUT2D eigenvalue weighted by Crippen LogP contribution is 2.23. The maximum absolute atomic E-state index is 5.02. The van der Waals surface area contributed by atoms with Crippen LogP contribution in [-0.4, -0.2) is 5.75 Å². The van der Waals surface area contributed by atoms with Crippen LogP contribution >= 0.6 is 12.6 Å². The Balaban J connectivity index is 3.55. The summed E-state index contributed by atoms with van der Waals surface area (Å²) in [6.45, 7) is 6.96. The van der Waals surface area contributed by atoms with E-state index in [-0.39, 0.29) is 0 Å². The first kappa shape index (κ1) is 14.3. The predicted molar refractivity (Wildman–Crippen MR) is 68.8 cm³/mol. The van der Waals surface area contributed by atoms with Crippen LogP contribution in [0.15, 0.2) is 0 Å². The van der Waals surface area contributed by atoms with E-state index >= 15 is 0 Å². The normalized spacial score (nSPS) is 15.4. The molecular formula is C13H27S. The Labute approximate surface area is 96.3 Å². The third-order valence-corrected chi connectivity index (χ3v) is 3.38. The summed E-state index contributed by atoms with van der Waals surface area (Å²) in [4.78, 5) is 0. The minimum Gasteiger partial charge on any atom is -0.0941 e. The molecule has 14 heavy (non-hydrogen) atoms. The van der Waals surface area contributed by atoms with Gasteiger partial charge in [0.15, 0.2) is 0 Å². The van der Waals surface area contributed by atoms with Crippen LogP contribution in [0.1, 0.15) is 65.7 Å². The molecule has 0 aromatic heterocycles. The van der Waals surface area contributed by atoms with Gasteiger partial charge in [-0.15, -0.1) is 0 Å². The standard InChI is InChI=1S/C13H27S/c1-4-6-7-8-13(5-2)11-12(3)9-10-14/h12-13H,4-11H2,1-3H3. The van der Waals surface area contributed by atoms with E-state index in [1.54, 1.807) is 0 Å². The van der Waals surface area contributed by atoms with Gasteiger partial charge in [-0.3, -0.25) is 0 Å². The van der Waals surface area contributed by atoms with E-state index in [1.807, 2.05) is 0 Å². The fraction of sp³-hybridized carbons (Fsp3) is 1.00. The van der Waals surface area contributed by atoms with E-state index in [0.717, 1.165) is 17.6 Å². The molecule has 0 N–H and O–H groups in total. The van der Waals surface area contributed by atoms with E-state index in [4.69, 9.17) is 12.6 Å². The van der Waals surface area contributed by atoms with Gasteiger partial charge in [0, 0.05) is 5.75 Å². The van der Waals surface area contributed by atoms with Crippen LogP contribution in [0.25, 0.3) is 0 Å². The van der Waals surface area contributed by atoms with Crippen molar-refractivity contribution in [2.75, 3.05) is 5.75 Å². The molecular weight excluding hydrogens is 188 g/mol. The Morgan fingerprint density at radius 1 is 1.07 bits per heavy atom. The molecule has 0 bridgehead atoms. The van der Waals surface area contributed by atoms with Gasteiger partial charge in [-0.1, -0.05) is 65.5 Å². The number of rotatable bonds is 9. The van der Waals surface area contributed by atoms with Crippen molar-refractivity contribution in [3.8, 4) is 0 Å². The molecule has 0 aliphatic rings. The summed E-state index contributed by atoms with van der Waals surface area (Å²) in [5.41, 5.74) is 0. The summed E-state index contributed by atoms with van der Waals surface area (Å²) in [5, 5.41) is 0. The Morgan fingerprint density at radius 3 is 2.29 bits per heavy atom. The second kappa shape index (κ2) is 9.89. The molecule has 0 spiro atoms. The van der Waals surface area contributed by atoms with Crippen molar-refractivity contribution in [3.63, 3.8) is 0 Å². The lowest BCUT2D eigenvalue weighted by Gasteiger charge is -2.18. The maximum atomic E-state index is 5.02. The minimum atomic E-state index is 0.846. The zero-order valence-electron chi connectivity index (χ0n) is 10.2. The van der Waals surface area contributed by atoms with Crippen LogP contribution in [0.5, 0.6) is 0 Å². The Hall–Kier alpha value is 0.350. The molecule has 1 heteroatoms. The van der Waals surface area contributed by atoms with Crippen molar-refractivity contribution in [3.05, 3.63) is 0 Å². The number of hydrogen-bond acceptors (Lipinski definition) is 0. The molecule has 0 amide bonds. The molecule has 85 valence electrons. The fourth-order valence-electron chi connectivity index (χ4n) is 2.06. The Kier molecular flexibility index (Phi) is 10.1. The third-order valence-electron chi connectivity index (χ3n) is 3.14. The van der Waals surface area contributed by atoms with Gasteiger partial charge < -0.3 is 0 Å². The van der Waals surface area contributed by atoms with E-state index in [1.165, 1.54) is 44.9 Å². The van der Waals surface area contributed by atoms with E-state index in [0.29, 0.717) is 0 Å². The lowest BCUT2D eigenvalue weighted by atomic mass is 9.88. The summed E-state index contributed by atoms with van der Waals surface area (Å²) in [7, 11) is 0. The molecule has 0 heterocycles. The quantitative estimate of drug-likeness (QED) is 0.463. The highest BCUT2D eigenvalue weighted by atomic mass is 32.1. The topological polar surface area (TPSA) is 0 Å². The van der Waals surface area contributed by atoms with Gasteiger partial charge in [0.05, 0.1) is 0 Å². The van der Waals surface area contributed by atoms with Gasteiger partial charge in [-0.05, 0) is 24.7 Å². The SMILES string of the molecule is CCCCCC(CC)CC(C)CC[S]. The largest absolute Gasteiger partial charge is 0.0941 e. The Morgan fingerprint density at radius 2 is 1.79 bits per heavy atom. The van der Waals surface area contributed by atoms with Crippen molar-refractivity contribution in [2.45, 2.75) is 65.7 Å². The van der Waals surface area contributed by atoms with E-state index in [2.05, 4.69) is 20.8 Å². The average molecular weight is 215 g/mol. The van der Waals surface area contributed by atoms with Gasteiger partial charge in [0.1, 0.15) is 0 Å². The molecule has 0 aromatic carbocycles. The first-order valence-electron chi connectivity index (χ1n) is 6.32. The molecule has 2 unspecified atom stereocenters. The van der Waals surface area contributed by atoms with Crippen LogP contribution in [0, 0.1) is 11.8 Å². The monoisotopic (exact) mass is 215 g/mol. The van der Waals surface area contributed by atoms with Gasteiger partial charge in [-0.2, -0.15) is 0 Å². The summed E-state index contributed by atoms with van der Waals surface area (Å²) in [6, 6.07) is 0. The first-order chi connectivity index (χ1) is 6.74. The number of unbranched alkanes of at least 4 members (excludes halogenated alkanes) is 2. The molecule has 1 radical (unpaired) electrons. The predicted octanol–water partition coefficient (Wildman–Crippen LogP) is 5.21. The lowest BCUT2D eigenvalue weighted by Crippen LogP contribution is -2.06. The summed E-state index contributed by atoms with van der Waals surface area (Å²) >= 11 is 5.02. The van der Waals surface area contributed by atoms with Crippen LogP contribution in [0.3, 0.4) is 0 Å². The van der Waals surface area contributed by atoms with Gasteiger partial charge in [0.2, 0.25) is 0 Å². The smallest absolute Gasteiger partial charge is 0.00394 e. The van der Waals surface area contributed by atoms with E-state index < -0.39 is 0 Å². The summed E-state index contributed by atoms with van der Waals surface area (Å²) in [6.07, 6.45) is 9.60. The number of hydrogen-bond donors (Lipinski definition) is 0. The second-order valence-electron chi connectivity index (χ2n) is 4.60. The van der Waals surface area contributed by atoms with E-state index in [9.17, 15) is 0 Å². The zero-order valence-corrected chi connectivity index (χ0v) is 11.0. The molecule has 2 atom stereocenters. The van der Waals surface area contributed by atoms with Gasteiger partial charge in [0.25, 0.3) is 0 Å². The lowest BCUT2D eigenvalue weighted by molar-refractivity contribution is 0.345. The molecule has 0 nitrogen and oxygen atoms in total. The zero-order chi connectivity index (χ0) is 10.8. The highest BCUT2D eigenvalue weighted by molar-refractivity contribution is 7.80. The second-order valence-corrected chi connectivity index (χ2v) is 5.01. The summed E-state index contributed by atoms with van der Waals surface area (Å²) < 4.78 is 0. The van der Waals surface area contributed by atoms with Gasteiger partial charge >= 0.3 is 0 Å². The first-order valence-corrected chi connectivity index (χ1v) is 6.90. The fourth-order valence-corrected chi connectivity index (χ4v) is 2.46. The van der Waals surface area contributed by atoms with Crippen molar-refractivity contribution < 1.29 is 0 Å². The molecule has 0 rings (SSSR count). The van der Waals surface area contributed by atoms with Crippen LogP contribution in [-0.2, 0) is 0 Å². The van der Waals surface area contributed by atoms with Gasteiger partial charge in [-0.25, -0.2) is 0 Å². The average Bonchev–Trinajstić information content (AvgIpc) is 2.17. The highest BCUT2D eigenvalue weighted by Gasteiger charge is 2.10. The van der Waals surface area contributed by atoms with Crippen molar-refractivity contribution in [2.24, 2.45) is 11.8 Å². The molecule has 0 saturated heterocycles. The Bertz CT molecular complexity index is 112.